The summed E-state index contributed by atoms with van der Waals surface area (Å²) < 4.78 is 10.9. The second-order valence-corrected chi connectivity index (χ2v) is 5.58. The van der Waals surface area contributed by atoms with E-state index in [2.05, 4.69) is 0 Å². The van der Waals surface area contributed by atoms with Crippen LogP contribution in [0.1, 0.15) is 22.2 Å². The molecular weight excluding hydrogens is 288 g/mol. The topological polar surface area (TPSA) is 52.6 Å². The van der Waals surface area contributed by atoms with Gasteiger partial charge in [0.2, 0.25) is 5.78 Å². The lowest BCUT2D eigenvalue weighted by atomic mass is 10.1. The first kappa shape index (κ1) is 13.6. The zero-order chi connectivity index (χ0) is 14.8. The Bertz CT molecular complexity index is 729. The first-order chi connectivity index (χ1) is 10.1. The minimum atomic E-state index is -0.142. The Morgan fingerprint density at radius 2 is 2.24 bits per heavy atom. The molecule has 0 saturated heterocycles. The molecule has 21 heavy (non-hydrogen) atoms. The number of thiophene rings is 1. The van der Waals surface area contributed by atoms with Crippen molar-refractivity contribution in [3.05, 3.63) is 51.9 Å². The fourth-order valence-corrected chi connectivity index (χ4v) is 2.59. The van der Waals surface area contributed by atoms with Crippen LogP contribution < -0.4 is 9.47 Å². The minimum absolute atomic E-state index is 0.00459. The van der Waals surface area contributed by atoms with Crippen LogP contribution >= 0.6 is 11.3 Å². The number of fused-ring (bicyclic) bond motifs is 1. The largest absolute Gasteiger partial charge is 0.486 e. The average Bonchev–Trinajstić information content (AvgIpc) is 3.06. The smallest absolute Gasteiger partial charge is 0.232 e. The molecule has 4 nitrogen and oxygen atoms in total. The molecule has 0 spiro atoms. The van der Waals surface area contributed by atoms with Crippen molar-refractivity contribution in [1.82, 2.24) is 0 Å². The monoisotopic (exact) mass is 300 g/mol. The van der Waals surface area contributed by atoms with Gasteiger partial charge in [-0.1, -0.05) is 6.07 Å². The predicted molar refractivity (Wildman–Crippen MR) is 79.9 cm³/mol. The summed E-state index contributed by atoms with van der Waals surface area (Å²) in [6, 6.07) is 8.78. The molecule has 1 aliphatic rings. The lowest BCUT2D eigenvalue weighted by Gasteiger charge is -2.04. The van der Waals surface area contributed by atoms with Gasteiger partial charge in [0, 0.05) is 17.0 Å². The molecule has 0 radical (unpaired) electrons. The molecule has 0 saturated carbocycles. The summed E-state index contributed by atoms with van der Waals surface area (Å²) in [5, 5.41) is 1.94. The van der Waals surface area contributed by atoms with Gasteiger partial charge in [-0.2, -0.15) is 0 Å². The van der Waals surface area contributed by atoms with E-state index in [4.69, 9.17) is 9.47 Å². The molecule has 1 aromatic heterocycles. The van der Waals surface area contributed by atoms with Gasteiger partial charge in [-0.3, -0.25) is 9.59 Å². The van der Waals surface area contributed by atoms with E-state index in [1.807, 2.05) is 17.5 Å². The number of allylic oxidation sites excluding steroid dienone is 1. The van der Waals surface area contributed by atoms with E-state index >= 15 is 0 Å². The van der Waals surface area contributed by atoms with E-state index in [1.165, 1.54) is 18.3 Å². The standard InChI is InChI=1S/C16H12O4S/c1-10(17)9-19-11-4-5-13-14(7-11)20-15(16(13)18)8-12-3-2-6-21-12/h2-8H,9H2,1H3/b15-8-. The van der Waals surface area contributed by atoms with Crippen molar-refractivity contribution in [2.45, 2.75) is 6.92 Å². The van der Waals surface area contributed by atoms with Gasteiger partial charge >= 0.3 is 0 Å². The van der Waals surface area contributed by atoms with E-state index in [0.717, 1.165) is 4.88 Å². The van der Waals surface area contributed by atoms with Crippen molar-refractivity contribution in [2.24, 2.45) is 0 Å². The van der Waals surface area contributed by atoms with E-state index in [-0.39, 0.29) is 18.2 Å². The second-order valence-electron chi connectivity index (χ2n) is 4.60. The highest BCUT2D eigenvalue weighted by Gasteiger charge is 2.27. The van der Waals surface area contributed by atoms with Crippen molar-refractivity contribution in [3.63, 3.8) is 0 Å². The first-order valence-corrected chi connectivity index (χ1v) is 7.25. The second kappa shape index (κ2) is 5.54. The SMILES string of the molecule is CC(=O)COc1ccc2c(c1)O/C(=C\c1cccs1)C2=O. The van der Waals surface area contributed by atoms with E-state index in [0.29, 0.717) is 22.8 Å². The van der Waals surface area contributed by atoms with Crippen LogP contribution in [0.15, 0.2) is 41.5 Å². The number of benzene rings is 1. The van der Waals surface area contributed by atoms with Crippen LogP contribution in [0.3, 0.4) is 0 Å². The van der Waals surface area contributed by atoms with Gasteiger partial charge in [0.05, 0.1) is 5.56 Å². The summed E-state index contributed by atoms with van der Waals surface area (Å²) >= 11 is 1.53. The number of carbonyl (C=O) groups is 2. The third-order valence-corrected chi connectivity index (χ3v) is 3.72. The highest BCUT2D eigenvalue weighted by Crippen LogP contribution is 2.35. The fraction of sp³-hybridized carbons (Fsp3) is 0.125. The molecule has 0 amide bonds. The normalized spacial score (nSPS) is 14.9. The maximum atomic E-state index is 12.2. The number of carbonyl (C=O) groups excluding carboxylic acids is 2. The lowest BCUT2D eigenvalue weighted by molar-refractivity contribution is -0.118. The molecule has 2 heterocycles. The zero-order valence-electron chi connectivity index (χ0n) is 11.3. The van der Waals surface area contributed by atoms with Crippen LogP contribution in [0, 0.1) is 0 Å². The number of ketones is 2. The molecule has 0 atom stereocenters. The third kappa shape index (κ3) is 2.87. The van der Waals surface area contributed by atoms with Gasteiger partial charge in [0.15, 0.2) is 11.5 Å². The van der Waals surface area contributed by atoms with Gasteiger partial charge in [-0.15, -0.1) is 11.3 Å². The third-order valence-electron chi connectivity index (χ3n) is 2.90. The van der Waals surface area contributed by atoms with Crippen LogP contribution in [0.5, 0.6) is 11.5 Å². The Kier molecular flexibility index (Phi) is 3.58. The number of ether oxygens (including phenoxy) is 2. The molecule has 1 aliphatic heterocycles. The summed E-state index contributed by atoms with van der Waals surface area (Å²) in [5.74, 6) is 1.07. The van der Waals surface area contributed by atoms with Gasteiger partial charge in [0.1, 0.15) is 18.1 Å². The molecule has 3 rings (SSSR count). The maximum Gasteiger partial charge on any atom is 0.232 e. The summed E-state index contributed by atoms with van der Waals surface area (Å²) in [6.07, 6.45) is 1.73. The number of hydrogen-bond donors (Lipinski definition) is 0. The molecule has 0 bridgehead atoms. The van der Waals surface area contributed by atoms with Crippen LogP contribution in [-0.2, 0) is 4.79 Å². The number of rotatable bonds is 4. The molecule has 0 aliphatic carbocycles. The molecule has 0 N–H and O–H groups in total. The van der Waals surface area contributed by atoms with Gasteiger partial charge < -0.3 is 9.47 Å². The Hall–Kier alpha value is -2.40. The van der Waals surface area contributed by atoms with Gasteiger partial charge in [-0.25, -0.2) is 0 Å². The van der Waals surface area contributed by atoms with Crippen molar-refractivity contribution in [2.75, 3.05) is 6.61 Å². The van der Waals surface area contributed by atoms with Crippen LogP contribution in [0.4, 0.5) is 0 Å². The Morgan fingerprint density at radius 3 is 2.95 bits per heavy atom. The van der Waals surface area contributed by atoms with Crippen molar-refractivity contribution >= 4 is 29.0 Å². The minimum Gasteiger partial charge on any atom is -0.486 e. The first-order valence-electron chi connectivity index (χ1n) is 6.37. The van der Waals surface area contributed by atoms with E-state index < -0.39 is 0 Å². The summed E-state index contributed by atoms with van der Waals surface area (Å²) in [5.41, 5.74) is 0.507. The average molecular weight is 300 g/mol. The van der Waals surface area contributed by atoms with Crippen LogP contribution in [-0.4, -0.2) is 18.2 Å². The Morgan fingerprint density at radius 1 is 1.38 bits per heavy atom. The molecular formula is C16H12O4S. The predicted octanol–water partition coefficient (Wildman–Crippen LogP) is 3.33. The molecule has 2 aromatic rings. The van der Waals surface area contributed by atoms with Gasteiger partial charge in [0.25, 0.3) is 0 Å². The van der Waals surface area contributed by atoms with Crippen molar-refractivity contribution < 1.29 is 19.1 Å². The number of Topliss-reactive ketones (excluding diaryl/α,β-unsaturated/α-hetero) is 2. The molecule has 5 heteroatoms. The molecule has 106 valence electrons. The number of hydrogen-bond acceptors (Lipinski definition) is 5. The fourth-order valence-electron chi connectivity index (χ4n) is 1.94. The van der Waals surface area contributed by atoms with E-state index in [9.17, 15) is 9.59 Å². The highest BCUT2D eigenvalue weighted by atomic mass is 32.1. The Labute approximate surface area is 125 Å². The Balaban J connectivity index is 1.84. The van der Waals surface area contributed by atoms with Crippen LogP contribution in [0.25, 0.3) is 6.08 Å². The summed E-state index contributed by atoms with van der Waals surface area (Å²) in [4.78, 5) is 24.1. The maximum absolute atomic E-state index is 12.2. The summed E-state index contributed by atoms with van der Waals surface area (Å²) in [6.45, 7) is 1.46. The molecule has 1 aromatic carbocycles. The molecule has 0 fully saturated rings. The van der Waals surface area contributed by atoms with Crippen molar-refractivity contribution in [1.29, 1.82) is 0 Å². The van der Waals surface area contributed by atoms with Gasteiger partial charge in [-0.05, 0) is 30.5 Å². The van der Waals surface area contributed by atoms with E-state index in [1.54, 1.807) is 24.3 Å². The quantitative estimate of drug-likeness (QED) is 0.813. The summed E-state index contributed by atoms with van der Waals surface area (Å²) in [7, 11) is 0. The highest BCUT2D eigenvalue weighted by molar-refractivity contribution is 7.10. The lowest BCUT2D eigenvalue weighted by Crippen LogP contribution is -2.06. The zero-order valence-corrected chi connectivity index (χ0v) is 12.1. The van der Waals surface area contributed by atoms with Crippen molar-refractivity contribution in [3.8, 4) is 11.5 Å². The molecule has 0 unspecified atom stereocenters. The van der Waals surface area contributed by atoms with Crippen LogP contribution in [0.2, 0.25) is 0 Å².